The first-order chi connectivity index (χ1) is 6.81. The van der Waals surface area contributed by atoms with Gasteiger partial charge in [-0.25, -0.2) is 4.79 Å². The molecule has 0 fully saturated rings. The second-order valence-electron chi connectivity index (χ2n) is 2.89. The minimum Gasteiger partial charge on any atom is -0.480 e. The van der Waals surface area contributed by atoms with E-state index in [-0.39, 0.29) is 6.61 Å². The van der Waals surface area contributed by atoms with Gasteiger partial charge in [-0.15, -0.1) is 0 Å². The topological polar surface area (TPSA) is 97.7 Å². The third kappa shape index (κ3) is 2.03. The van der Waals surface area contributed by atoms with Crippen molar-refractivity contribution in [1.29, 1.82) is 0 Å². The van der Waals surface area contributed by atoms with Crippen molar-refractivity contribution in [3.63, 3.8) is 0 Å². The van der Waals surface area contributed by atoms with Crippen molar-refractivity contribution in [3.05, 3.63) is 0 Å². The van der Waals surface area contributed by atoms with Gasteiger partial charge in [-0.05, 0) is 20.8 Å². The van der Waals surface area contributed by atoms with Crippen molar-refractivity contribution in [2.75, 3.05) is 6.61 Å². The molecular weight excluding hydrogens is 204 g/mol. The second-order valence-corrected chi connectivity index (χ2v) is 2.89. The standard InChI is InChI=1S/C9H12O6/c1-4-15-8(14)9(5(2)10,6(3)11)7(12)13/h4H2,1-3H3,(H,12,13). The van der Waals surface area contributed by atoms with Gasteiger partial charge in [0.1, 0.15) is 0 Å². The third-order valence-electron chi connectivity index (χ3n) is 1.96. The fourth-order valence-electron chi connectivity index (χ4n) is 1.16. The van der Waals surface area contributed by atoms with Crippen LogP contribution in [0.1, 0.15) is 20.8 Å². The number of carboxylic acid groups (broad SMARTS) is 1. The maximum Gasteiger partial charge on any atom is 0.339 e. The first-order valence-corrected chi connectivity index (χ1v) is 4.24. The zero-order valence-corrected chi connectivity index (χ0v) is 8.70. The summed E-state index contributed by atoms with van der Waals surface area (Å²) in [6, 6.07) is 0. The number of rotatable bonds is 5. The van der Waals surface area contributed by atoms with E-state index in [0.717, 1.165) is 13.8 Å². The van der Waals surface area contributed by atoms with E-state index in [4.69, 9.17) is 5.11 Å². The van der Waals surface area contributed by atoms with Gasteiger partial charge in [-0.2, -0.15) is 0 Å². The minimum atomic E-state index is -2.71. The Balaban J connectivity index is 5.53. The third-order valence-corrected chi connectivity index (χ3v) is 1.96. The lowest BCUT2D eigenvalue weighted by atomic mass is 9.80. The zero-order chi connectivity index (χ0) is 12.2. The summed E-state index contributed by atoms with van der Waals surface area (Å²) in [5.41, 5.74) is -2.71. The molecule has 6 heteroatoms. The van der Waals surface area contributed by atoms with E-state index in [2.05, 4.69) is 4.74 Å². The van der Waals surface area contributed by atoms with Crippen LogP contribution in [-0.4, -0.2) is 35.2 Å². The van der Waals surface area contributed by atoms with Gasteiger partial charge in [-0.3, -0.25) is 14.4 Å². The molecule has 0 aromatic rings. The molecule has 0 radical (unpaired) electrons. The zero-order valence-electron chi connectivity index (χ0n) is 8.70. The van der Waals surface area contributed by atoms with Crippen molar-refractivity contribution in [1.82, 2.24) is 0 Å². The summed E-state index contributed by atoms with van der Waals surface area (Å²) in [5, 5.41) is 8.82. The Morgan fingerprint density at radius 1 is 1.13 bits per heavy atom. The highest BCUT2D eigenvalue weighted by Crippen LogP contribution is 2.23. The van der Waals surface area contributed by atoms with Gasteiger partial charge in [0.2, 0.25) is 0 Å². The molecule has 0 rings (SSSR count). The number of Topliss-reactive ketones (excluding diaryl/α,β-unsaturated/α-hetero) is 2. The Bertz CT molecular complexity index is 281. The Hall–Kier alpha value is -1.72. The number of hydrogen-bond donors (Lipinski definition) is 1. The van der Waals surface area contributed by atoms with Crippen molar-refractivity contribution >= 4 is 23.5 Å². The highest BCUT2D eigenvalue weighted by Gasteiger charge is 2.57. The van der Waals surface area contributed by atoms with E-state index in [0.29, 0.717) is 0 Å². The van der Waals surface area contributed by atoms with E-state index >= 15 is 0 Å². The van der Waals surface area contributed by atoms with E-state index in [1.807, 2.05) is 0 Å². The Labute approximate surface area is 86.2 Å². The van der Waals surface area contributed by atoms with Crippen LogP contribution in [0.3, 0.4) is 0 Å². The summed E-state index contributed by atoms with van der Waals surface area (Å²) in [6.07, 6.45) is 0. The highest BCUT2D eigenvalue weighted by atomic mass is 16.5. The molecule has 0 heterocycles. The van der Waals surface area contributed by atoms with Gasteiger partial charge >= 0.3 is 11.9 Å². The van der Waals surface area contributed by atoms with Crippen LogP contribution < -0.4 is 0 Å². The van der Waals surface area contributed by atoms with Crippen LogP contribution in [-0.2, 0) is 23.9 Å². The number of aliphatic carboxylic acids is 1. The van der Waals surface area contributed by atoms with E-state index in [9.17, 15) is 19.2 Å². The molecule has 0 aromatic heterocycles. The number of carboxylic acids is 1. The van der Waals surface area contributed by atoms with E-state index < -0.39 is 28.9 Å². The average molecular weight is 216 g/mol. The number of esters is 1. The monoisotopic (exact) mass is 216 g/mol. The Kier molecular flexibility index (Phi) is 4.14. The van der Waals surface area contributed by atoms with Crippen molar-refractivity contribution in [2.24, 2.45) is 5.41 Å². The summed E-state index contributed by atoms with van der Waals surface area (Å²) in [7, 11) is 0. The molecule has 0 aromatic carbocycles. The van der Waals surface area contributed by atoms with Crippen LogP contribution in [0.15, 0.2) is 0 Å². The molecule has 0 bridgehead atoms. The lowest BCUT2D eigenvalue weighted by Gasteiger charge is -2.20. The predicted molar refractivity (Wildman–Crippen MR) is 48.1 cm³/mol. The Morgan fingerprint density at radius 3 is 1.73 bits per heavy atom. The van der Waals surface area contributed by atoms with Gasteiger partial charge in [0, 0.05) is 0 Å². The molecule has 0 aliphatic heterocycles. The number of ether oxygens (including phenoxy) is 1. The van der Waals surface area contributed by atoms with Gasteiger partial charge < -0.3 is 9.84 Å². The predicted octanol–water partition coefficient (Wildman–Crippen LogP) is -0.202. The maximum atomic E-state index is 11.3. The van der Waals surface area contributed by atoms with Crippen LogP contribution in [0.25, 0.3) is 0 Å². The van der Waals surface area contributed by atoms with Crippen molar-refractivity contribution < 1.29 is 29.0 Å². The van der Waals surface area contributed by atoms with Crippen LogP contribution in [0, 0.1) is 5.41 Å². The number of ketones is 2. The molecule has 84 valence electrons. The van der Waals surface area contributed by atoms with E-state index in [1.54, 1.807) is 0 Å². The van der Waals surface area contributed by atoms with Crippen molar-refractivity contribution in [2.45, 2.75) is 20.8 Å². The number of carbonyl (C=O) groups excluding carboxylic acids is 3. The summed E-state index contributed by atoms with van der Waals surface area (Å²) in [4.78, 5) is 44.5. The van der Waals surface area contributed by atoms with Crippen LogP contribution in [0.4, 0.5) is 0 Å². The molecule has 0 aliphatic rings. The number of hydrogen-bond acceptors (Lipinski definition) is 5. The average Bonchev–Trinajstić information content (AvgIpc) is 2.02. The first-order valence-electron chi connectivity index (χ1n) is 4.24. The minimum absolute atomic E-state index is 0.103. The fraction of sp³-hybridized carbons (Fsp3) is 0.556. The molecule has 0 aliphatic carbocycles. The molecule has 6 nitrogen and oxygen atoms in total. The number of carbonyl (C=O) groups is 4. The molecule has 0 saturated carbocycles. The quantitative estimate of drug-likeness (QED) is 0.504. The Morgan fingerprint density at radius 2 is 1.53 bits per heavy atom. The summed E-state index contributed by atoms with van der Waals surface area (Å²) in [5.74, 6) is -5.25. The normalized spacial score (nSPS) is 10.6. The fourth-order valence-corrected chi connectivity index (χ4v) is 1.16. The lowest BCUT2D eigenvalue weighted by molar-refractivity contribution is -0.173. The van der Waals surface area contributed by atoms with Crippen LogP contribution >= 0.6 is 0 Å². The SMILES string of the molecule is CCOC(=O)C(C(C)=O)(C(C)=O)C(=O)O. The molecule has 0 atom stereocenters. The maximum absolute atomic E-state index is 11.3. The lowest BCUT2D eigenvalue weighted by Crippen LogP contribution is -2.51. The molecule has 0 amide bonds. The molecular formula is C9H12O6. The summed E-state index contributed by atoms with van der Waals surface area (Å²) >= 11 is 0. The van der Waals surface area contributed by atoms with Gasteiger partial charge in [0.25, 0.3) is 5.41 Å². The second kappa shape index (κ2) is 4.68. The van der Waals surface area contributed by atoms with Crippen LogP contribution in [0.5, 0.6) is 0 Å². The molecule has 0 saturated heterocycles. The highest BCUT2D eigenvalue weighted by molar-refractivity contribution is 6.34. The largest absolute Gasteiger partial charge is 0.480 e. The summed E-state index contributed by atoms with van der Waals surface area (Å²) in [6.45, 7) is 3.08. The van der Waals surface area contributed by atoms with Gasteiger partial charge in [-0.1, -0.05) is 0 Å². The van der Waals surface area contributed by atoms with E-state index in [1.165, 1.54) is 6.92 Å². The van der Waals surface area contributed by atoms with Crippen LogP contribution in [0.2, 0.25) is 0 Å². The smallest absolute Gasteiger partial charge is 0.339 e. The van der Waals surface area contributed by atoms with Gasteiger partial charge in [0.15, 0.2) is 11.6 Å². The molecule has 0 spiro atoms. The molecule has 1 N–H and O–H groups in total. The van der Waals surface area contributed by atoms with Gasteiger partial charge in [0.05, 0.1) is 6.61 Å². The molecule has 0 unspecified atom stereocenters. The summed E-state index contributed by atoms with van der Waals surface area (Å²) < 4.78 is 4.43. The molecule has 15 heavy (non-hydrogen) atoms. The van der Waals surface area contributed by atoms with Crippen molar-refractivity contribution in [3.8, 4) is 0 Å². The first kappa shape index (κ1) is 13.3.